The van der Waals surface area contributed by atoms with E-state index in [1.807, 2.05) is 12.1 Å². The normalized spacial score (nSPS) is 15.4. The van der Waals surface area contributed by atoms with Gasteiger partial charge in [-0.1, -0.05) is 12.1 Å². The van der Waals surface area contributed by atoms with Gasteiger partial charge < -0.3 is 15.2 Å². The van der Waals surface area contributed by atoms with Gasteiger partial charge in [-0.15, -0.1) is 0 Å². The highest BCUT2D eigenvalue weighted by molar-refractivity contribution is 5.97. The second-order valence-electron chi connectivity index (χ2n) is 6.32. The number of nitrogens with zero attached hydrogens (tertiary/aromatic N) is 1. The first-order chi connectivity index (χ1) is 12.1. The molecule has 1 aliphatic rings. The third kappa shape index (κ3) is 4.17. The van der Waals surface area contributed by atoms with Crippen LogP contribution in [0.25, 0.3) is 0 Å². The number of rotatable bonds is 5. The predicted octanol–water partition coefficient (Wildman–Crippen LogP) is 3.38. The molecule has 0 bridgehead atoms. The summed E-state index contributed by atoms with van der Waals surface area (Å²) in [4.78, 5) is 12.2. The number of hydrogen-bond acceptors (Lipinski definition) is 4. The lowest BCUT2D eigenvalue weighted by molar-refractivity contribution is -0.133. The predicted molar refractivity (Wildman–Crippen MR) is 94.0 cm³/mol. The molecule has 0 spiro atoms. The zero-order valence-electron chi connectivity index (χ0n) is 13.9. The average molecular weight is 336 g/mol. The summed E-state index contributed by atoms with van der Waals surface area (Å²) < 4.78 is 5.70. The summed E-state index contributed by atoms with van der Waals surface area (Å²) in [6.07, 6.45) is 2.79. The van der Waals surface area contributed by atoms with Crippen LogP contribution in [0.4, 0.5) is 5.69 Å². The molecule has 1 aliphatic carbocycles. The molecule has 2 N–H and O–H groups in total. The van der Waals surface area contributed by atoms with E-state index in [1.54, 1.807) is 36.4 Å². The maximum absolute atomic E-state index is 12.2. The first kappa shape index (κ1) is 17.0. The van der Waals surface area contributed by atoms with Crippen molar-refractivity contribution in [1.29, 1.82) is 5.26 Å². The largest absolute Gasteiger partial charge is 0.489 e. The first-order valence-electron chi connectivity index (χ1n) is 8.35. The molecule has 25 heavy (non-hydrogen) atoms. The molecule has 1 saturated carbocycles. The minimum absolute atomic E-state index is 0.341. The molecule has 128 valence electrons. The second kappa shape index (κ2) is 7.37. The van der Waals surface area contributed by atoms with Crippen LogP contribution in [0.1, 0.15) is 36.8 Å². The maximum Gasteiger partial charge on any atom is 0.256 e. The van der Waals surface area contributed by atoms with Crippen molar-refractivity contribution in [2.24, 2.45) is 0 Å². The van der Waals surface area contributed by atoms with Crippen LogP contribution in [0.3, 0.4) is 0 Å². The zero-order chi connectivity index (χ0) is 17.7. The monoisotopic (exact) mass is 336 g/mol. The lowest BCUT2D eigenvalue weighted by Crippen LogP contribution is -2.40. The van der Waals surface area contributed by atoms with Crippen molar-refractivity contribution in [2.75, 3.05) is 5.32 Å². The molecule has 0 saturated heterocycles. The summed E-state index contributed by atoms with van der Waals surface area (Å²) >= 11 is 0. The quantitative estimate of drug-likeness (QED) is 0.877. The Kier molecular flexibility index (Phi) is 5.01. The number of amides is 1. The summed E-state index contributed by atoms with van der Waals surface area (Å²) in [6, 6.07) is 16.4. The van der Waals surface area contributed by atoms with Gasteiger partial charge in [0.25, 0.3) is 5.91 Å². The molecule has 5 heteroatoms. The van der Waals surface area contributed by atoms with Gasteiger partial charge in [0.15, 0.2) is 0 Å². The number of hydrogen-bond donors (Lipinski definition) is 2. The average Bonchev–Trinajstić information content (AvgIpc) is 3.09. The molecule has 2 aromatic carbocycles. The van der Waals surface area contributed by atoms with Crippen molar-refractivity contribution in [3.63, 3.8) is 0 Å². The van der Waals surface area contributed by atoms with Crippen molar-refractivity contribution in [3.8, 4) is 11.8 Å². The van der Waals surface area contributed by atoms with Crippen molar-refractivity contribution in [1.82, 2.24) is 0 Å². The molecular formula is C20H20N2O3. The Hall–Kier alpha value is -2.84. The van der Waals surface area contributed by atoms with Gasteiger partial charge in [-0.3, -0.25) is 4.79 Å². The van der Waals surface area contributed by atoms with E-state index in [1.165, 1.54) is 0 Å². The van der Waals surface area contributed by atoms with Gasteiger partial charge in [0, 0.05) is 5.69 Å². The van der Waals surface area contributed by atoms with E-state index >= 15 is 0 Å². The fourth-order valence-corrected chi connectivity index (χ4v) is 2.97. The Labute approximate surface area is 146 Å². The Bertz CT molecular complexity index is 787. The van der Waals surface area contributed by atoms with E-state index in [4.69, 9.17) is 10.00 Å². The van der Waals surface area contributed by atoms with Crippen LogP contribution in [0.5, 0.6) is 5.75 Å². The van der Waals surface area contributed by atoms with E-state index in [-0.39, 0.29) is 5.91 Å². The second-order valence-corrected chi connectivity index (χ2v) is 6.32. The van der Waals surface area contributed by atoms with E-state index in [0.29, 0.717) is 36.4 Å². The first-order valence-corrected chi connectivity index (χ1v) is 8.35. The standard InChI is InChI=1S/C20H20N2O3/c21-13-15-4-3-5-16(12-15)14-25-18-8-6-17(7-9-18)22-19(23)20(24)10-1-2-11-20/h3-9,12,24H,1-2,10-11,14H2,(H,22,23). The van der Waals surface area contributed by atoms with E-state index < -0.39 is 5.60 Å². The summed E-state index contributed by atoms with van der Waals surface area (Å²) in [5, 5.41) is 21.9. The van der Waals surface area contributed by atoms with Crippen LogP contribution in [0.15, 0.2) is 48.5 Å². The van der Waals surface area contributed by atoms with Gasteiger partial charge in [-0.05, 0) is 67.6 Å². The van der Waals surface area contributed by atoms with Gasteiger partial charge in [0.1, 0.15) is 18.0 Å². The molecule has 1 fully saturated rings. The van der Waals surface area contributed by atoms with E-state index in [0.717, 1.165) is 18.4 Å². The van der Waals surface area contributed by atoms with Crippen LogP contribution in [0, 0.1) is 11.3 Å². The number of nitrogens with one attached hydrogen (secondary N) is 1. The summed E-state index contributed by atoms with van der Waals surface area (Å²) in [7, 11) is 0. The summed E-state index contributed by atoms with van der Waals surface area (Å²) in [6.45, 7) is 0.362. The fraction of sp³-hybridized carbons (Fsp3) is 0.300. The molecule has 5 nitrogen and oxygen atoms in total. The Morgan fingerprint density at radius 1 is 1.20 bits per heavy atom. The van der Waals surface area contributed by atoms with Crippen LogP contribution in [-0.2, 0) is 11.4 Å². The number of carbonyl (C=O) groups is 1. The third-order valence-electron chi connectivity index (χ3n) is 4.43. The number of ether oxygens (including phenoxy) is 1. The summed E-state index contributed by atoms with van der Waals surface area (Å²) in [5.41, 5.74) is 0.911. The van der Waals surface area contributed by atoms with Gasteiger partial charge >= 0.3 is 0 Å². The molecule has 1 amide bonds. The molecule has 0 unspecified atom stereocenters. The van der Waals surface area contributed by atoms with Crippen molar-refractivity contribution < 1.29 is 14.6 Å². The van der Waals surface area contributed by atoms with Crippen molar-refractivity contribution >= 4 is 11.6 Å². The van der Waals surface area contributed by atoms with Gasteiger partial charge in [0.05, 0.1) is 11.6 Å². The smallest absolute Gasteiger partial charge is 0.256 e. The molecule has 0 aromatic heterocycles. The van der Waals surface area contributed by atoms with Gasteiger partial charge in [0.2, 0.25) is 0 Å². The fourth-order valence-electron chi connectivity index (χ4n) is 2.97. The number of anilines is 1. The Morgan fingerprint density at radius 2 is 1.92 bits per heavy atom. The minimum Gasteiger partial charge on any atom is -0.489 e. The number of aliphatic hydroxyl groups is 1. The topological polar surface area (TPSA) is 82.3 Å². The zero-order valence-corrected chi connectivity index (χ0v) is 13.9. The number of nitriles is 1. The van der Waals surface area contributed by atoms with Gasteiger partial charge in [-0.25, -0.2) is 0 Å². The highest BCUT2D eigenvalue weighted by atomic mass is 16.5. The highest BCUT2D eigenvalue weighted by Crippen LogP contribution is 2.30. The van der Waals surface area contributed by atoms with E-state index in [9.17, 15) is 9.90 Å². The lowest BCUT2D eigenvalue weighted by atomic mass is 10.0. The molecule has 0 radical (unpaired) electrons. The molecular weight excluding hydrogens is 316 g/mol. The van der Waals surface area contributed by atoms with Crippen LogP contribution >= 0.6 is 0 Å². The molecule has 0 heterocycles. The lowest BCUT2D eigenvalue weighted by Gasteiger charge is -2.21. The highest BCUT2D eigenvalue weighted by Gasteiger charge is 2.38. The molecule has 0 atom stereocenters. The number of carbonyl (C=O) groups excluding carboxylic acids is 1. The maximum atomic E-state index is 12.2. The molecule has 2 aromatic rings. The van der Waals surface area contributed by atoms with Crippen LogP contribution in [-0.4, -0.2) is 16.6 Å². The number of benzene rings is 2. The minimum atomic E-state index is -1.24. The molecule has 0 aliphatic heterocycles. The molecule has 3 rings (SSSR count). The van der Waals surface area contributed by atoms with Crippen LogP contribution < -0.4 is 10.1 Å². The van der Waals surface area contributed by atoms with Crippen molar-refractivity contribution in [3.05, 3.63) is 59.7 Å². The van der Waals surface area contributed by atoms with Gasteiger partial charge in [-0.2, -0.15) is 5.26 Å². The Morgan fingerprint density at radius 3 is 2.60 bits per heavy atom. The summed E-state index contributed by atoms with van der Waals surface area (Å²) in [5.74, 6) is 0.326. The van der Waals surface area contributed by atoms with Crippen molar-refractivity contribution in [2.45, 2.75) is 37.9 Å². The SMILES string of the molecule is N#Cc1cccc(COc2ccc(NC(=O)C3(O)CCCC3)cc2)c1. The van der Waals surface area contributed by atoms with E-state index in [2.05, 4.69) is 11.4 Å². The Balaban J connectivity index is 1.57. The third-order valence-corrected chi connectivity index (χ3v) is 4.43. The van der Waals surface area contributed by atoms with Crippen LogP contribution in [0.2, 0.25) is 0 Å².